The molecule has 2 rings (SSSR count). The van der Waals surface area contributed by atoms with Crippen molar-refractivity contribution >= 4 is 11.8 Å². The van der Waals surface area contributed by atoms with Gasteiger partial charge in [-0.2, -0.15) is 0 Å². The molecular formula is C21H24O3. The number of carboxylic acids is 1. The van der Waals surface area contributed by atoms with Gasteiger partial charge in [0.25, 0.3) is 0 Å². The molecule has 0 aliphatic heterocycles. The second kappa shape index (κ2) is 9.02. The van der Waals surface area contributed by atoms with Crippen molar-refractivity contribution in [3.05, 3.63) is 71.3 Å². The average Bonchev–Trinajstić information content (AvgIpc) is 2.61. The summed E-state index contributed by atoms with van der Waals surface area (Å²) in [5.74, 6) is -0.634. The normalized spacial score (nSPS) is 11.9. The highest BCUT2D eigenvalue weighted by atomic mass is 16.4. The number of hydrogen-bond acceptors (Lipinski definition) is 2. The average molecular weight is 324 g/mol. The van der Waals surface area contributed by atoms with Crippen LogP contribution in [0.25, 0.3) is 0 Å². The highest BCUT2D eigenvalue weighted by molar-refractivity contribution is 5.87. The number of Topliss-reactive ketones (excluding diaryl/α,β-unsaturated/α-hetero) is 1. The molecule has 126 valence electrons. The lowest BCUT2D eigenvalue weighted by atomic mass is 9.88. The monoisotopic (exact) mass is 324 g/mol. The van der Waals surface area contributed by atoms with E-state index in [1.165, 1.54) is 5.56 Å². The Bertz CT molecular complexity index is 659. The lowest BCUT2D eigenvalue weighted by molar-refractivity contribution is -0.122. The first kappa shape index (κ1) is 17.9. The number of carbonyl (C=O) groups is 2. The third kappa shape index (κ3) is 5.34. The lowest BCUT2D eigenvalue weighted by Gasteiger charge is -2.15. The minimum absolute atomic E-state index is 0.00869. The fourth-order valence-corrected chi connectivity index (χ4v) is 2.93. The van der Waals surface area contributed by atoms with Crippen molar-refractivity contribution in [1.29, 1.82) is 0 Å². The highest BCUT2D eigenvalue weighted by Gasteiger charge is 2.17. The number of aryl methyl sites for hydroxylation is 1. The van der Waals surface area contributed by atoms with Gasteiger partial charge < -0.3 is 5.11 Å². The fraction of sp³-hybridized carbons (Fsp3) is 0.333. The highest BCUT2D eigenvalue weighted by Crippen LogP contribution is 2.19. The Kier molecular flexibility index (Phi) is 6.74. The Morgan fingerprint density at radius 1 is 0.958 bits per heavy atom. The predicted octanol–water partition coefficient (Wildman–Crippen LogP) is 4.55. The Morgan fingerprint density at radius 3 is 2.21 bits per heavy atom. The molecular weight excluding hydrogens is 300 g/mol. The first-order chi connectivity index (χ1) is 11.6. The van der Waals surface area contributed by atoms with Gasteiger partial charge in [-0.1, -0.05) is 49.4 Å². The van der Waals surface area contributed by atoms with E-state index in [1.807, 2.05) is 37.3 Å². The summed E-state index contributed by atoms with van der Waals surface area (Å²) in [6.45, 7) is 1.90. The number of hydrogen-bond donors (Lipinski definition) is 1. The number of aromatic carboxylic acids is 1. The van der Waals surface area contributed by atoms with Crippen LogP contribution in [-0.2, 0) is 17.6 Å². The van der Waals surface area contributed by atoms with Gasteiger partial charge in [-0.05, 0) is 48.9 Å². The van der Waals surface area contributed by atoms with Gasteiger partial charge in [0.05, 0.1) is 5.56 Å². The molecule has 24 heavy (non-hydrogen) atoms. The smallest absolute Gasteiger partial charge is 0.335 e. The Labute approximate surface area is 143 Å². The van der Waals surface area contributed by atoms with E-state index in [1.54, 1.807) is 12.1 Å². The van der Waals surface area contributed by atoms with E-state index in [2.05, 4.69) is 12.1 Å². The van der Waals surface area contributed by atoms with E-state index in [4.69, 9.17) is 5.11 Å². The lowest BCUT2D eigenvalue weighted by Crippen LogP contribution is -2.17. The van der Waals surface area contributed by atoms with Gasteiger partial charge in [0, 0.05) is 12.3 Å². The Balaban J connectivity index is 1.95. The zero-order chi connectivity index (χ0) is 17.4. The number of benzene rings is 2. The molecule has 0 aliphatic carbocycles. The SMILES string of the molecule is CCC(=O)C(CCCc1ccccc1)Cc1ccc(C(=O)O)cc1. The van der Waals surface area contributed by atoms with Crippen molar-refractivity contribution in [2.75, 3.05) is 0 Å². The van der Waals surface area contributed by atoms with Crippen LogP contribution in [0.2, 0.25) is 0 Å². The summed E-state index contributed by atoms with van der Waals surface area (Å²) in [6, 6.07) is 17.1. The van der Waals surface area contributed by atoms with E-state index in [0.29, 0.717) is 12.8 Å². The summed E-state index contributed by atoms with van der Waals surface area (Å²) >= 11 is 0. The second-order valence-corrected chi connectivity index (χ2v) is 6.10. The van der Waals surface area contributed by atoms with Crippen LogP contribution >= 0.6 is 0 Å². The van der Waals surface area contributed by atoms with Crippen molar-refractivity contribution in [3.8, 4) is 0 Å². The molecule has 0 bridgehead atoms. The molecule has 0 saturated carbocycles. The summed E-state index contributed by atoms with van der Waals surface area (Å²) in [5.41, 5.74) is 2.60. The van der Waals surface area contributed by atoms with Crippen LogP contribution in [0.3, 0.4) is 0 Å². The zero-order valence-corrected chi connectivity index (χ0v) is 14.1. The molecule has 3 nitrogen and oxygen atoms in total. The molecule has 1 atom stereocenters. The zero-order valence-electron chi connectivity index (χ0n) is 14.1. The molecule has 1 N–H and O–H groups in total. The third-order valence-electron chi connectivity index (χ3n) is 4.35. The number of carboxylic acid groups (broad SMARTS) is 1. The van der Waals surface area contributed by atoms with E-state index >= 15 is 0 Å². The molecule has 1 unspecified atom stereocenters. The van der Waals surface area contributed by atoms with Crippen LogP contribution in [0, 0.1) is 5.92 Å². The number of carbonyl (C=O) groups excluding carboxylic acids is 1. The van der Waals surface area contributed by atoms with Crippen molar-refractivity contribution in [3.63, 3.8) is 0 Å². The quantitative estimate of drug-likeness (QED) is 0.736. The summed E-state index contributed by atoms with van der Waals surface area (Å²) in [7, 11) is 0. The molecule has 0 saturated heterocycles. The largest absolute Gasteiger partial charge is 0.478 e. The van der Waals surface area contributed by atoms with E-state index in [-0.39, 0.29) is 17.3 Å². The first-order valence-electron chi connectivity index (χ1n) is 8.49. The summed E-state index contributed by atoms with van der Waals surface area (Å²) in [4.78, 5) is 23.2. The van der Waals surface area contributed by atoms with E-state index in [0.717, 1.165) is 24.8 Å². The van der Waals surface area contributed by atoms with Gasteiger partial charge in [-0.15, -0.1) is 0 Å². The van der Waals surface area contributed by atoms with Crippen LogP contribution in [0.4, 0.5) is 0 Å². The minimum Gasteiger partial charge on any atom is -0.478 e. The van der Waals surface area contributed by atoms with Crippen LogP contribution < -0.4 is 0 Å². The summed E-state index contributed by atoms with van der Waals surface area (Å²) < 4.78 is 0. The molecule has 2 aromatic carbocycles. The van der Waals surface area contributed by atoms with Crippen LogP contribution in [0.15, 0.2) is 54.6 Å². The van der Waals surface area contributed by atoms with Crippen molar-refractivity contribution in [1.82, 2.24) is 0 Å². The summed E-state index contributed by atoms with van der Waals surface area (Å²) in [5, 5.41) is 8.95. The maximum absolute atomic E-state index is 12.2. The molecule has 0 heterocycles. The Morgan fingerprint density at radius 2 is 1.62 bits per heavy atom. The number of ketones is 1. The maximum atomic E-state index is 12.2. The van der Waals surface area contributed by atoms with Crippen molar-refractivity contribution in [2.45, 2.75) is 39.0 Å². The fourth-order valence-electron chi connectivity index (χ4n) is 2.93. The standard InChI is InChI=1S/C21H24O3/c1-2-20(22)19(10-6-9-16-7-4-3-5-8-16)15-17-11-13-18(14-12-17)21(23)24/h3-5,7-8,11-14,19H,2,6,9-10,15H2,1H3,(H,23,24). The van der Waals surface area contributed by atoms with Gasteiger partial charge in [0.2, 0.25) is 0 Å². The predicted molar refractivity (Wildman–Crippen MR) is 95.3 cm³/mol. The Hall–Kier alpha value is -2.42. The van der Waals surface area contributed by atoms with Crippen LogP contribution in [-0.4, -0.2) is 16.9 Å². The number of rotatable bonds is 9. The van der Waals surface area contributed by atoms with Gasteiger partial charge in [-0.25, -0.2) is 4.79 Å². The van der Waals surface area contributed by atoms with Crippen LogP contribution in [0.1, 0.15) is 47.7 Å². The molecule has 0 amide bonds. The molecule has 0 radical (unpaired) electrons. The molecule has 0 aromatic heterocycles. The summed E-state index contributed by atoms with van der Waals surface area (Å²) in [6.07, 6.45) is 4.05. The molecule has 0 aliphatic rings. The molecule has 0 spiro atoms. The first-order valence-corrected chi connectivity index (χ1v) is 8.49. The van der Waals surface area contributed by atoms with Gasteiger partial charge >= 0.3 is 5.97 Å². The van der Waals surface area contributed by atoms with Crippen LogP contribution in [0.5, 0.6) is 0 Å². The maximum Gasteiger partial charge on any atom is 0.335 e. The second-order valence-electron chi connectivity index (χ2n) is 6.10. The minimum atomic E-state index is -0.925. The molecule has 2 aromatic rings. The van der Waals surface area contributed by atoms with E-state index in [9.17, 15) is 9.59 Å². The molecule has 3 heteroatoms. The van der Waals surface area contributed by atoms with Gasteiger partial charge in [-0.3, -0.25) is 4.79 Å². The van der Waals surface area contributed by atoms with E-state index < -0.39 is 5.97 Å². The van der Waals surface area contributed by atoms with Gasteiger partial charge in [0.15, 0.2) is 0 Å². The topological polar surface area (TPSA) is 54.4 Å². The third-order valence-corrected chi connectivity index (χ3v) is 4.35. The van der Waals surface area contributed by atoms with Crippen molar-refractivity contribution < 1.29 is 14.7 Å². The molecule has 0 fully saturated rings. The van der Waals surface area contributed by atoms with Crippen molar-refractivity contribution in [2.24, 2.45) is 5.92 Å². The van der Waals surface area contributed by atoms with Gasteiger partial charge in [0.1, 0.15) is 5.78 Å².